The number of pyridine rings is 1. The first-order chi connectivity index (χ1) is 11.0. The number of carbonyl (C=O) groups excluding carboxylic acids is 1. The Kier molecular flexibility index (Phi) is 4.04. The van der Waals surface area contributed by atoms with Crippen LogP contribution >= 0.6 is 22.9 Å². The van der Waals surface area contributed by atoms with Crippen LogP contribution in [-0.4, -0.2) is 26.0 Å². The first-order valence-electron chi connectivity index (χ1n) is 6.25. The van der Waals surface area contributed by atoms with E-state index in [2.05, 4.69) is 20.5 Å². The lowest BCUT2D eigenvalue weighted by Crippen LogP contribution is -2.14. The van der Waals surface area contributed by atoms with Gasteiger partial charge in [-0.25, -0.2) is 4.98 Å². The molecule has 0 radical (unpaired) electrons. The van der Waals surface area contributed by atoms with Gasteiger partial charge in [0.1, 0.15) is 12.0 Å². The first kappa shape index (κ1) is 15.1. The maximum Gasteiger partial charge on any atom is 0.319 e. The van der Waals surface area contributed by atoms with Crippen molar-refractivity contribution in [2.75, 3.05) is 5.32 Å². The molecule has 3 aromatic rings. The van der Waals surface area contributed by atoms with Gasteiger partial charge in [0.15, 0.2) is 0 Å². The third-order valence-corrected chi connectivity index (χ3v) is 4.19. The van der Waals surface area contributed by atoms with Crippen molar-refractivity contribution in [1.29, 1.82) is 0 Å². The highest BCUT2D eigenvalue weighted by Gasteiger charge is 2.23. The van der Waals surface area contributed by atoms with Gasteiger partial charge in [-0.05, 0) is 24.3 Å². The van der Waals surface area contributed by atoms with E-state index in [1.807, 2.05) is 6.07 Å². The van der Waals surface area contributed by atoms with E-state index in [4.69, 9.17) is 11.6 Å². The molecule has 0 aliphatic carbocycles. The number of amides is 1. The number of aromatic nitrogens is 3. The standard InChI is InChI=1S/C13H8ClN5O3S/c14-10-3-2-9(23-10)7-1-4-11(15-5-7)17-13(20)12-8(19(21)22)6-16-18-12/h1-6H,(H,16,18)(H,15,17,20). The van der Waals surface area contributed by atoms with Crippen molar-refractivity contribution in [2.45, 2.75) is 0 Å². The average Bonchev–Trinajstić information content (AvgIpc) is 3.16. The molecule has 0 aliphatic heterocycles. The Morgan fingerprint density at radius 1 is 1.30 bits per heavy atom. The highest BCUT2D eigenvalue weighted by atomic mass is 35.5. The quantitative estimate of drug-likeness (QED) is 0.553. The van der Waals surface area contributed by atoms with Gasteiger partial charge in [-0.3, -0.25) is 20.0 Å². The normalized spacial score (nSPS) is 10.5. The minimum atomic E-state index is -0.686. The molecule has 1 amide bonds. The van der Waals surface area contributed by atoms with Crippen LogP contribution in [0.2, 0.25) is 4.34 Å². The van der Waals surface area contributed by atoms with E-state index >= 15 is 0 Å². The zero-order chi connectivity index (χ0) is 16.4. The zero-order valence-corrected chi connectivity index (χ0v) is 12.9. The molecule has 23 heavy (non-hydrogen) atoms. The predicted molar refractivity (Wildman–Crippen MR) is 85.8 cm³/mol. The lowest BCUT2D eigenvalue weighted by Gasteiger charge is -2.03. The molecule has 116 valence electrons. The lowest BCUT2D eigenvalue weighted by molar-refractivity contribution is -0.385. The van der Waals surface area contributed by atoms with E-state index in [9.17, 15) is 14.9 Å². The number of thiophene rings is 1. The van der Waals surface area contributed by atoms with Gasteiger partial charge in [-0.1, -0.05) is 11.6 Å². The summed E-state index contributed by atoms with van der Waals surface area (Å²) in [4.78, 5) is 27.2. The number of H-pyrrole nitrogens is 1. The van der Waals surface area contributed by atoms with Crippen LogP contribution in [0.5, 0.6) is 0 Å². The summed E-state index contributed by atoms with van der Waals surface area (Å²) in [6.07, 6.45) is 2.56. The van der Waals surface area contributed by atoms with Crippen LogP contribution in [0.15, 0.2) is 36.7 Å². The number of hydrogen-bond acceptors (Lipinski definition) is 6. The number of anilines is 1. The molecule has 3 heterocycles. The van der Waals surface area contributed by atoms with Gasteiger partial charge in [0.2, 0.25) is 5.69 Å². The number of aromatic amines is 1. The van der Waals surface area contributed by atoms with E-state index < -0.39 is 16.5 Å². The molecule has 0 spiro atoms. The van der Waals surface area contributed by atoms with E-state index in [1.165, 1.54) is 11.3 Å². The summed E-state index contributed by atoms with van der Waals surface area (Å²) in [5.41, 5.74) is 0.227. The van der Waals surface area contributed by atoms with E-state index in [0.717, 1.165) is 16.6 Å². The minimum Gasteiger partial charge on any atom is -0.305 e. The Morgan fingerprint density at radius 3 is 2.74 bits per heavy atom. The molecule has 3 aromatic heterocycles. The summed E-state index contributed by atoms with van der Waals surface area (Å²) in [5, 5.41) is 19.1. The molecular weight excluding hydrogens is 342 g/mol. The van der Waals surface area contributed by atoms with Crippen molar-refractivity contribution in [3.05, 3.63) is 56.8 Å². The average molecular weight is 350 g/mol. The fourth-order valence-corrected chi connectivity index (χ4v) is 2.88. The van der Waals surface area contributed by atoms with Crippen molar-refractivity contribution in [1.82, 2.24) is 15.2 Å². The SMILES string of the molecule is O=C(Nc1ccc(-c2ccc(Cl)s2)cn1)c1[nH]ncc1[N+](=O)[O-]. The largest absolute Gasteiger partial charge is 0.319 e. The van der Waals surface area contributed by atoms with Crippen molar-refractivity contribution in [3.63, 3.8) is 0 Å². The van der Waals surface area contributed by atoms with Gasteiger partial charge >= 0.3 is 5.69 Å². The Balaban J connectivity index is 1.77. The molecule has 0 saturated carbocycles. The second kappa shape index (κ2) is 6.15. The van der Waals surface area contributed by atoms with Gasteiger partial charge in [0, 0.05) is 16.6 Å². The Morgan fingerprint density at radius 2 is 2.13 bits per heavy atom. The van der Waals surface area contributed by atoms with E-state index in [1.54, 1.807) is 24.4 Å². The summed E-state index contributed by atoms with van der Waals surface area (Å²) in [5.74, 6) is -0.418. The van der Waals surface area contributed by atoms with Gasteiger partial charge in [0.25, 0.3) is 5.91 Å². The second-order valence-electron chi connectivity index (χ2n) is 4.38. The third-order valence-electron chi connectivity index (χ3n) is 2.91. The highest BCUT2D eigenvalue weighted by Crippen LogP contribution is 2.30. The van der Waals surface area contributed by atoms with Crippen molar-refractivity contribution in [2.24, 2.45) is 0 Å². The van der Waals surface area contributed by atoms with Crippen LogP contribution in [0, 0.1) is 10.1 Å². The molecule has 0 aliphatic rings. The topological polar surface area (TPSA) is 114 Å². The van der Waals surface area contributed by atoms with Crippen molar-refractivity contribution in [3.8, 4) is 10.4 Å². The highest BCUT2D eigenvalue weighted by molar-refractivity contribution is 7.19. The first-order valence-corrected chi connectivity index (χ1v) is 7.45. The van der Waals surface area contributed by atoms with Crippen LogP contribution in [0.4, 0.5) is 11.5 Å². The molecule has 3 rings (SSSR count). The van der Waals surface area contributed by atoms with Crippen molar-refractivity contribution >= 4 is 40.4 Å². The van der Waals surface area contributed by atoms with Gasteiger partial charge in [-0.2, -0.15) is 5.10 Å². The molecule has 10 heteroatoms. The molecule has 0 aromatic carbocycles. The number of halogens is 1. The number of carbonyl (C=O) groups is 1. The Labute approximate surface area is 138 Å². The summed E-state index contributed by atoms with van der Waals surface area (Å²) in [6.45, 7) is 0. The summed E-state index contributed by atoms with van der Waals surface area (Å²) < 4.78 is 0.670. The summed E-state index contributed by atoms with van der Waals surface area (Å²) >= 11 is 7.30. The lowest BCUT2D eigenvalue weighted by atomic mass is 10.2. The van der Waals surface area contributed by atoms with E-state index in [0.29, 0.717) is 4.34 Å². The molecule has 0 bridgehead atoms. The predicted octanol–water partition coefficient (Wildman–Crippen LogP) is 3.35. The van der Waals surface area contributed by atoms with Gasteiger partial charge in [0.05, 0.1) is 9.26 Å². The van der Waals surface area contributed by atoms with Crippen LogP contribution in [-0.2, 0) is 0 Å². The number of nitrogens with one attached hydrogen (secondary N) is 2. The molecule has 0 fully saturated rings. The molecule has 0 unspecified atom stereocenters. The second-order valence-corrected chi connectivity index (χ2v) is 6.09. The molecule has 2 N–H and O–H groups in total. The van der Waals surface area contributed by atoms with Crippen LogP contribution < -0.4 is 5.32 Å². The molecular formula is C13H8ClN5O3S. The maximum absolute atomic E-state index is 12.0. The summed E-state index contributed by atoms with van der Waals surface area (Å²) in [7, 11) is 0. The van der Waals surface area contributed by atoms with Crippen molar-refractivity contribution < 1.29 is 9.72 Å². The van der Waals surface area contributed by atoms with E-state index in [-0.39, 0.29) is 11.5 Å². The number of rotatable bonds is 4. The summed E-state index contributed by atoms with van der Waals surface area (Å²) in [6, 6.07) is 7.03. The maximum atomic E-state index is 12.0. The molecule has 8 nitrogen and oxygen atoms in total. The molecule has 0 atom stereocenters. The Bertz CT molecular complexity index is 874. The monoisotopic (exact) mass is 349 g/mol. The van der Waals surface area contributed by atoms with Crippen LogP contribution in [0.25, 0.3) is 10.4 Å². The number of nitro groups is 1. The fraction of sp³-hybridized carbons (Fsp3) is 0. The van der Waals surface area contributed by atoms with Gasteiger partial charge in [-0.15, -0.1) is 11.3 Å². The smallest absolute Gasteiger partial charge is 0.305 e. The number of nitrogens with zero attached hydrogens (tertiary/aromatic N) is 3. The molecule has 0 saturated heterocycles. The van der Waals surface area contributed by atoms with Crippen LogP contribution in [0.1, 0.15) is 10.5 Å². The fourth-order valence-electron chi connectivity index (χ4n) is 1.85. The van der Waals surface area contributed by atoms with Gasteiger partial charge < -0.3 is 5.32 Å². The zero-order valence-electron chi connectivity index (χ0n) is 11.3. The minimum absolute atomic E-state index is 0.231. The van der Waals surface area contributed by atoms with Crippen LogP contribution in [0.3, 0.4) is 0 Å². The number of hydrogen-bond donors (Lipinski definition) is 2. The Hall–Kier alpha value is -2.78. The third kappa shape index (κ3) is 3.20.